The quantitative estimate of drug-likeness (QED) is 0.681. The van der Waals surface area contributed by atoms with Crippen molar-refractivity contribution >= 4 is 15.9 Å². The maximum absolute atomic E-state index is 12.8. The number of amides is 1. The van der Waals surface area contributed by atoms with E-state index in [4.69, 9.17) is 0 Å². The van der Waals surface area contributed by atoms with Crippen LogP contribution in [0.25, 0.3) is 0 Å². The molecule has 1 heterocycles. The van der Waals surface area contributed by atoms with Crippen LogP contribution in [-0.4, -0.2) is 62.8 Å². The number of nitrogens with zero attached hydrogens (tertiary/aromatic N) is 2. The van der Waals surface area contributed by atoms with Crippen LogP contribution in [0, 0.1) is 12.8 Å². The molecule has 1 aromatic carbocycles. The molecule has 6 nitrogen and oxygen atoms in total. The molecule has 1 aliphatic carbocycles. The van der Waals surface area contributed by atoms with E-state index in [1.165, 1.54) is 32.1 Å². The zero-order valence-corrected chi connectivity index (χ0v) is 19.3. The van der Waals surface area contributed by atoms with Gasteiger partial charge in [0.1, 0.15) is 0 Å². The summed E-state index contributed by atoms with van der Waals surface area (Å²) in [6.45, 7) is 4.49. The Kier molecular flexibility index (Phi) is 8.31. The first-order chi connectivity index (χ1) is 14.4. The second-order valence-corrected chi connectivity index (χ2v) is 10.9. The SMILES string of the molecule is Cc1ccc(S(=O)(=O)N2CCC(CC(=O)NCCN(C)C3CCCCC3)CC2)cc1. The highest BCUT2D eigenvalue weighted by Gasteiger charge is 2.30. The molecule has 0 radical (unpaired) electrons. The predicted molar refractivity (Wildman–Crippen MR) is 120 cm³/mol. The highest BCUT2D eigenvalue weighted by molar-refractivity contribution is 7.89. The third kappa shape index (κ3) is 6.28. The molecule has 0 unspecified atom stereocenters. The fourth-order valence-electron chi connectivity index (χ4n) is 4.62. The number of nitrogens with one attached hydrogen (secondary N) is 1. The number of piperidine rings is 1. The van der Waals surface area contributed by atoms with Gasteiger partial charge in [-0.2, -0.15) is 4.31 Å². The number of aryl methyl sites for hydroxylation is 1. The fourth-order valence-corrected chi connectivity index (χ4v) is 6.09. The highest BCUT2D eigenvalue weighted by Crippen LogP contribution is 2.26. The molecular formula is C23H37N3O3S. The average Bonchev–Trinajstić information content (AvgIpc) is 2.75. The minimum atomic E-state index is -3.44. The topological polar surface area (TPSA) is 69.7 Å². The highest BCUT2D eigenvalue weighted by atomic mass is 32.2. The van der Waals surface area contributed by atoms with Crippen LogP contribution >= 0.6 is 0 Å². The lowest BCUT2D eigenvalue weighted by molar-refractivity contribution is -0.122. The molecule has 0 bridgehead atoms. The van der Waals surface area contributed by atoms with E-state index in [-0.39, 0.29) is 11.8 Å². The zero-order valence-electron chi connectivity index (χ0n) is 18.5. The van der Waals surface area contributed by atoms with E-state index >= 15 is 0 Å². The third-order valence-electron chi connectivity index (χ3n) is 6.69. The van der Waals surface area contributed by atoms with E-state index in [0.29, 0.717) is 37.0 Å². The summed E-state index contributed by atoms with van der Waals surface area (Å²) in [6.07, 6.45) is 8.50. The van der Waals surface area contributed by atoms with Crippen LogP contribution < -0.4 is 5.32 Å². The Bertz CT molecular complexity index is 780. The maximum atomic E-state index is 12.8. The molecule has 0 aromatic heterocycles. The summed E-state index contributed by atoms with van der Waals surface area (Å²) in [5, 5.41) is 3.06. The van der Waals surface area contributed by atoms with Gasteiger partial charge < -0.3 is 10.2 Å². The van der Waals surface area contributed by atoms with Crippen molar-refractivity contribution in [2.75, 3.05) is 33.2 Å². The van der Waals surface area contributed by atoms with Gasteiger partial charge in [0.25, 0.3) is 0 Å². The standard InChI is InChI=1S/C23H37N3O3S/c1-19-8-10-22(11-9-19)30(28,29)26-15-12-20(13-16-26)18-23(27)24-14-17-25(2)21-6-4-3-5-7-21/h8-11,20-21H,3-7,12-18H2,1-2H3,(H,24,27). The van der Waals surface area contributed by atoms with Crippen molar-refractivity contribution in [3.05, 3.63) is 29.8 Å². The molecular weight excluding hydrogens is 398 g/mol. The van der Waals surface area contributed by atoms with Crippen molar-refractivity contribution in [3.63, 3.8) is 0 Å². The van der Waals surface area contributed by atoms with Gasteiger partial charge in [-0.1, -0.05) is 37.0 Å². The molecule has 2 fully saturated rings. The van der Waals surface area contributed by atoms with E-state index in [1.807, 2.05) is 19.1 Å². The second kappa shape index (κ2) is 10.7. The molecule has 168 valence electrons. The van der Waals surface area contributed by atoms with Gasteiger partial charge in [-0.15, -0.1) is 0 Å². The molecule has 1 aromatic rings. The lowest BCUT2D eigenvalue weighted by Gasteiger charge is -2.32. The first-order valence-electron chi connectivity index (χ1n) is 11.4. The Hall–Kier alpha value is -1.44. The van der Waals surface area contributed by atoms with Crippen LogP contribution in [0.5, 0.6) is 0 Å². The van der Waals surface area contributed by atoms with Crippen molar-refractivity contribution in [2.24, 2.45) is 5.92 Å². The lowest BCUT2D eigenvalue weighted by Crippen LogP contribution is -2.41. The Morgan fingerprint density at radius 1 is 1.07 bits per heavy atom. The molecule has 0 atom stereocenters. The van der Waals surface area contributed by atoms with Gasteiger partial charge in [0.15, 0.2) is 0 Å². The van der Waals surface area contributed by atoms with Crippen molar-refractivity contribution in [1.82, 2.24) is 14.5 Å². The summed E-state index contributed by atoms with van der Waals surface area (Å²) in [6, 6.07) is 7.67. The van der Waals surface area contributed by atoms with Gasteiger partial charge in [0.2, 0.25) is 15.9 Å². The van der Waals surface area contributed by atoms with Crippen LogP contribution in [0.3, 0.4) is 0 Å². The molecule has 2 aliphatic rings. The Balaban J connectivity index is 1.37. The van der Waals surface area contributed by atoms with Gasteiger partial charge in [0.05, 0.1) is 4.90 Å². The molecule has 1 aliphatic heterocycles. The fraction of sp³-hybridized carbons (Fsp3) is 0.696. The minimum Gasteiger partial charge on any atom is -0.355 e. The smallest absolute Gasteiger partial charge is 0.243 e. The Morgan fingerprint density at radius 2 is 1.70 bits per heavy atom. The van der Waals surface area contributed by atoms with Crippen molar-refractivity contribution in [1.29, 1.82) is 0 Å². The summed E-state index contributed by atoms with van der Waals surface area (Å²) in [5.74, 6) is 0.345. The molecule has 1 saturated heterocycles. The first kappa shape index (κ1) is 23.2. The van der Waals surface area contributed by atoms with Crippen molar-refractivity contribution in [2.45, 2.75) is 69.2 Å². The number of carbonyl (C=O) groups excluding carboxylic acids is 1. The molecule has 1 N–H and O–H groups in total. The molecule has 1 amide bonds. The Morgan fingerprint density at radius 3 is 2.33 bits per heavy atom. The van der Waals surface area contributed by atoms with Crippen LogP contribution in [0.4, 0.5) is 0 Å². The number of hydrogen-bond acceptors (Lipinski definition) is 4. The van der Waals surface area contributed by atoms with Gasteiger partial charge in [-0.3, -0.25) is 4.79 Å². The monoisotopic (exact) mass is 435 g/mol. The molecule has 0 spiro atoms. The minimum absolute atomic E-state index is 0.0897. The van der Waals surface area contributed by atoms with Crippen LogP contribution in [0.1, 0.15) is 56.9 Å². The number of benzene rings is 1. The molecule has 1 saturated carbocycles. The summed E-state index contributed by atoms with van der Waals surface area (Å²) in [4.78, 5) is 15.1. The van der Waals surface area contributed by atoms with E-state index in [0.717, 1.165) is 24.9 Å². The predicted octanol–water partition coefficient (Wildman–Crippen LogP) is 3.17. The summed E-state index contributed by atoms with van der Waals surface area (Å²) in [7, 11) is -1.28. The maximum Gasteiger partial charge on any atom is 0.243 e. The number of likely N-dealkylation sites (N-methyl/N-ethyl adjacent to an activating group) is 1. The normalized spacial score (nSPS) is 19.8. The first-order valence-corrected chi connectivity index (χ1v) is 12.8. The van der Waals surface area contributed by atoms with Crippen LogP contribution in [0.2, 0.25) is 0 Å². The number of rotatable bonds is 8. The molecule has 30 heavy (non-hydrogen) atoms. The molecule has 3 rings (SSSR count). The van der Waals surface area contributed by atoms with Gasteiger partial charge in [0, 0.05) is 38.6 Å². The van der Waals surface area contributed by atoms with Gasteiger partial charge >= 0.3 is 0 Å². The van der Waals surface area contributed by atoms with Crippen LogP contribution in [0.15, 0.2) is 29.2 Å². The van der Waals surface area contributed by atoms with E-state index < -0.39 is 10.0 Å². The number of carbonyl (C=O) groups is 1. The second-order valence-electron chi connectivity index (χ2n) is 8.99. The van der Waals surface area contributed by atoms with Gasteiger partial charge in [-0.05, 0) is 57.7 Å². The van der Waals surface area contributed by atoms with E-state index in [1.54, 1.807) is 16.4 Å². The Labute approximate surface area is 182 Å². The van der Waals surface area contributed by atoms with Crippen molar-refractivity contribution < 1.29 is 13.2 Å². The van der Waals surface area contributed by atoms with E-state index in [2.05, 4.69) is 17.3 Å². The lowest BCUT2D eigenvalue weighted by atomic mass is 9.94. The molecule has 7 heteroatoms. The van der Waals surface area contributed by atoms with Crippen LogP contribution in [-0.2, 0) is 14.8 Å². The van der Waals surface area contributed by atoms with E-state index in [9.17, 15) is 13.2 Å². The van der Waals surface area contributed by atoms with Gasteiger partial charge in [-0.25, -0.2) is 8.42 Å². The number of sulfonamides is 1. The summed E-state index contributed by atoms with van der Waals surface area (Å²) >= 11 is 0. The third-order valence-corrected chi connectivity index (χ3v) is 8.60. The summed E-state index contributed by atoms with van der Waals surface area (Å²) in [5.41, 5.74) is 1.05. The van der Waals surface area contributed by atoms with Crippen molar-refractivity contribution in [3.8, 4) is 0 Å². The summed E-state index contributed by atoms with van der Waals surface area (Å²) < 4.78 is 27.2. The average molecular weight is 436 g/mol. The number of hydrogen-bond donors (Lipinski definition) is 1. The zero-order chi connectivity index (χ0) is 21.6. The largest absolute Gasteiger partial charge is 0.355 e.